The summed E-state index contributed by atoms with van der Waals surface area (Å²) in [5.74, 6) is -1.47. The Balaban J connectivity index is 2.09. The number of amides is 1. The molecule has 1 fully saturated rings. The molecule has 1 saturated heterocycles. The van der Waals surface area contributed by atoms with Crippen molar-refractivity contribution in [2.75, 3.05) is 11.5 Å². The second-order valence-electron chi connectivity index (χ2n) is 5.55. The normalized spacial score (nSPS) is 24.3. The lowest BCUT2D eigenvalue weighted by atomic mass is 10.0. The first-order valence-electron chi connectivity index (χ1n) is 6.35. The predicted molar refractivity (Wildman–Crippen MR) is 75.3 cm³/mol. The first-order chi connectivity index (χ1) is 9.21. The van der Waals surface area contributed by atoms with Crippen LogP contribution >= 0.6 is 0 Å². The molecule has 0 bridgehead atoms. The van der Waals surface area contributed by atoms with E-state index in [1.54, 1.807) is 31.2 Å². The fourth-order valence-corrected chi connectivity index (χ4v) is 4.37. The number of benzene rings is 1. The minimum Gasteiger partial charge on any atom is -0.343 e. The van der Waals surface area contributed by atoms with Gasteiger partial charge in [-0.1, -0.05) is 29.8 Å². The van der Waals surface area contributed by atoms with E-state index < -0.39 is 27.1 Å². The lowest BCUT2D eigenvalue weighted by Gasteiger charge is -2.23. The molecular formula is C14H17NO4S. The number of rotatable bonds is 3. The van der Waals surface area contributed by atoms with Crippen LogP contribution in [-0.4, -0.2) is 37.2 Å². The van der Waals surface area contributed by atoms with E-state index in [1.807, 2.05) is 6.92 Å². The highest BCUT2D eigenvalue weighted by Crippen LogP contribution is 2.22. The summed E-state index contributed by atoms with van der Waals surface area (Å²) in [4.78, 5) is 23.9. The van der Waals surface area contributed by atoms with Gasteiger partial charge in [0.2, 0.25) is 5.78 Å². The standard InChI is InChI=1S/C14H17NO4S/c1-10-3-5-11(6-4-10)12(16)13(17)15-14(2)7-8-20(18,19)9-14/h3-6H,7-9H2,1-2H3,(H,15,17)/t14-/m0/s1. The second kappa shape index (κ2) is 5.01. The van der Waals surface area contributed by atoms with Gasteiger partial charge in [0.15, 0.2) is 9.84 Å². The minimum absolute atomic E-state index is 0.0441. The fourth-order valence-electron chi connectivity index (χ4n) is 2.28. The number of sulfone groups is 1. The number of carbonyl (C=O) groups excluding carboxylic acids is 2. The summed E-state index contributed by atoms with van der Waals surface area (Å²) >= 11 is 0. The van der Waals surface area contributed by atoms with Gasteiger partial charge in [-0.2, -0.15) is 0 Å². The maximum Gasteiger partial charge on any atom is 0.292 e. The smallest absolute Gasteiger partial charge is 0.292 e. The third kappa shape index (κ3) is 3.25. The van der Waals surface area contributed by atoms with Crippen molar-refractivity contribution in [1.29, 1.82) is 0 Å². The zero-order valence-electron chi connectivity index (χ0n) is 11.5. The van der Waals surface area contributed by atoms with E-state index in [-0.39, 0.29) is 11.5 Å². The van der Waals surface area contributed by atoms with E-state index in [2.05, 4.69) is 5.32 Å². The SMILES string of the molecule is Cc1ccc(C(=O)C(=O)N[C@@]2(C)CCS(=O)(=O)C2)cc1. The van der Waals surface area contributed by atoms with Gasteiger partial charge >= 0.3 is 0 Å². The number of hydrogen-bond donors (Lipinski definition) is 1. The molecule has 0 radical (unpaired) electrons. The van der Waals surface area contributed by atoms with Crippen molar-refractivity contribution in [2.45, 2.75) is 25.8 Å². The van der Waals surface area contributed by atoms with Gasteiger partial charge in [-0.25, -0.2) is 8.42 Å². The van der Waals surface area contributed by atoms with E-state index in [0.29, 0.717) is 12.0 Å². The zero-order chi connectivity index (χ0) is 15.0. The monoisotopic (exact) mass is 295 g/mol. The molecule has 1 aliphatic heterocycles. The molecule has 1 amide bonds. The summed E-state index contributed by atoms with van der Waals surface area (Å²) in [6.45, 7) is 3.54. The van der Waals surface area contributed by atoms with Gasteiger partial charge in [-0.15, -0.1) is 0 Å². The highest BCUT2D eigenvalue weighted by molar-refractivity contribution is 7.91. The van der Waals surface area contributed by atoms with Crippen LogP contribution in [0, 0.1) is 6.92 Å². The molecule has 0 unspecified atom stereocenters. The van der Waals surface area contributed by atoms with Gasteiger partial charge in [-0.3, -0.25) is 9.59 Å². The number of hydrogen-bond acceptors (Lipinski definition) is 4. The van der Waals surface area contributed by atoms with E-state index in [4.69, 9.17) is 0 Å². The van der Waals surface area contributed by atoms with E-state index in [1.165, 1.54) is 0 Å². The Hall–Kier alpha value is -1.69. The van der Waals surface area contributed by atoms with Crippen LogP contribution in [0.1, 0.15) is 29.3 Å². The molecule has 2 rings (SSSR count). The van der Waals surface area contributed by atoms with Crippen molar-refractivity contribution < 1.29 is 18.0 Å². The molecule has 20 heavy (non-hydrogen) atoms. The second-order valence-corrected chi connectivity index (χ2v) is 7.74. The quantitative estimate of drug-likeness (QED) is 0.663. The van der Waals surface area contributed by atoms with Crippen LogP contribution in [0.15, 0.2) is 24.3 Å². The van der Waals surface area contributed by atoms with Gasteiger partial charge in [0, 0.05) is 5.56 Å². The van der Waals surface area contributed by atoms with Crippen LogP contribution in [0.2, 0.25) is 0 Å². The molecule has 0 aromatic heterocycles. The summed E-state index contributed by atoms with van der Waals surface area (Å²) in [7, 11) is -3.12. The van der Waals surface area contributed by atoms with Crippen molar-refractivity contribution in [1.82, 2.24) is 5.32 Å². The maximum absolute atomic E-state index is 12.0. The molecule has 1 aromatic carbocycles. The Kier molecular flexibility index (Phi) is 3.69. The molecule has 1 aliphatic rings. The molecule has 1 atom stereocenters. The summed E-state index contributed by atoms with van der Waals surface area (Å²) in [5, 5.41) is 2.56. The van der Waals surface area contributed by atoms with Crippen LogP contribution in [0.25, 0.3) is 0 Å². The third-order valence-corrected chi connectivity index (χ3v) is 5.34. The van der Waals surface area contributed by atoms with Gasteiger partial charge in [-0.05, 0) is 20.3 Å². The van der Waals surface area contributed by atoms with Crippen LogP contribution in [-0.2, 0) is 14.6 Å². The zero-order valence-corrected chi connectivity index (χ0v) is 12.3. The van der Waals surface area contributed by atoms with E-state index in [0.717, 1.165) is 5.56 Å². The number of Topliss-reactive ketones (excluding diaryl/α,β-unsaturated/α-hetero) is 1. The van der Waals surface area contributed by atoms with Crippen LogP contribution in [0.5, 0.6) is 0 Å². The Morgan fingerprint density at radius 1 is 1.20 bits per heavy atom. The number of nitrogens with one attached hydrogen (secondary N) is 1. The lowest BCUT2D eigenvalue weighted by Crippen LogP contribution is -2.49. The van der Waals surface area contributed by atoms with E-state index in [9.17, 15) is 18.0 Å². The van der Waals surface area contributed by atoms with Crippen molar-refractivity contribution in [3.63, 3.8) is 0 Å². The first-order valence-corrected chi connectivity index (χ1v) is 8.17. The predicted octanol–water partition coefficient (Wildman–Crippen LogP) is 0.871. The lowest BCUT2D eigenvalue weighted by molar-refractivity contribution is -0.118. The number of aryl methyl sites for hydroxylation is 1. The van der Waals surface area contributed by atoms with Crippen LogP contribution < -0.4 is 5.32 Å². The first kappa shape index (κ1) is 14.7. The molecular weight excluding hydrogens is 278 g/mol. The Bertz CT molecular complexity index is 648. The molecule has 0 aliphatic carbocycles. The average Bonchev–Trinajstić information content (AvgIpc) is 2.63. The van der Waals surface area contributed by atoms with Gasteiger partial charge in [0.05, 0.1) is 17.0 Å². The molecule has 108 valence electrons. The van der Waals surface area contributed by atoms with Crippen molar-refractivity contribution in [2.24, 2.45) is 0 Å². The van der Waals surface area contributed by atoms with Crippen molar-refractivity contribution in [3.8, 4) is 0 Å². The summed E-state index contributed by atoms with van der Waals surface area (Å²) in [5.41, 5.74) is 0.448. The molecule has 1 heterocycles. The highest BCUT2D eigenvalue weighted by Gasteiger charge is 2.40. The largest absolute Gasteiger partial charge is 0.343 e. The molecule has 0 spiro atoms. The van der Waals surface area contributed by atoms with E-state index >= 15 is 0 Å². The number of ketones is 1. The van der Waals surface area contributed by atoms with Crippen molar-refractivity contribution >= 4 is 21.5 Å². The Morgan fingerprint density at radius 2 is 1.80 bits per heavy atom. The van der Waals surface area contributed by atoms with Gasteiger partial charge in [0.1, 0.15) is 0 Å². The van der Waals surface area contributed by atoms with Crippen LogP contribution in [0.3, 0.4) is 0 Å². The van der Waals surface area contributed by atoms with Gasteiger partial charge < -0.3 is 5.32 Å². The summed E-state index contributed by atoms with van der Waals surface area (Å²) < 4.78 is 22.9. The summed E-state index contributed by atoms with van der Waals surface area (Å²) in [6.07, 6.45) is 0.336. The molecule has 1 aromatic rings. The molecule has 5 nitrogen and oxygen atoms in total. The molecule has 0 saturated carbocycles. The summed E-state index contributed by atoms with van der Waals surface area (Å²) in [6, 6.07) is 6.68. The topological polar surface area (TPSA) is 80.3 Å². The third-order valence-electron chi connectivity index (χ3n) is 3.44. The highest BCUT2D eigenvalue weighted by atomic mass is 32.2. The molecule has 6 heteroatoms. The van der Waals surface area contributed by atoms with Gasteiger partial charge in [0.25, 0.3) is 5.91 Å². The Labute approximate surface area is 118 Å². The molecule has 1 N–H and O–H groups in total. The Morgan fingerprint density at radius 3 is 2.30 bits per heavy atom. The maximum atomic E-state index is 12.0. The number of carbonyl (C=O) groups is 2. The van der Waals surface area contributed by atoms with Crippen LogP contribution in [0.4, 0.5) is 0 Å². The minimum atomic E-state index is -3.12. The average molecular weight is 295 g/mol. The fraction of sp³-hybridized carbons (Fsp3) is 0.429. The van der Waals surface area contributed by atoms with Crippen molar-refractivity contribution in [3.05, 3.63) is 35.4 Å².